The van der Waals surface area contributed by atoms with Gasteiger partial charge >= 0.3 is 5.97 Å². The van der Waals surface area contributed by atoms with E-state index < -0.39 is 11.8 Å². The zero-order chi connectivity index (χ0) is 13.7. The highest BCUT2D eigenvalue weighted by Gasteiger charge is 2.11. The summed E-state index contributed by atoms with van der Waals surface area (Å²) in [7, 11) is 5.94. The Morgan fingerprint density at radius 2 is 1.94 bits per heavy atom. The van der Waals surface area contributed by atoms with Crippen LogP contribution in [-0.2, 0) is 6.54 Å². The molecule has 0 radical (unpaired) electrons. The Bertz CT molecular complexity index is 421. The fraction of sp³-hybridized carbons (Fsp3) is 0.462. The van der Waals surface area contributed by atoms with Crippen LogP contribution in [0, 0.1) is 5.82 Å². The van der Waals surface area contributed by atoms with Gasteiger partial charge in [0, 0.05) is 19.6 Å². The first-order valence-electron chi connectivity index (χ1n) is 5.75. The molecule has 0 aromatic heterocycles. The molecule has 4 nitrogen and oxygen atoms in total. The van der Waals surface area contributed by atoms with Crippen molar-refractivity contribution < 1.29 is 14.3 Å². The third-order valence-corrected chi connectivity index (χ3v) is 2.64. The Morgan fingerprint density at radius 1 is 1.28 bits per heavy atom. The first-order chi connectivity index (χ1) is 8.40. The quantitative estimate of drug-likeness (QED) is 0.836. The fourth-order valence-electron chi connectivity index (χ4n) is 1.60. The first kappa shape index (κ1) is 14.6. The molecule has 0 heterocycles. The van der Waals surface area contributed by atoms with Crippen LogP contribution in [0.2, 0.25) is 0 Å². The summed E-state index contributed by atoms with van der Waals surface area (Å²) in [6.07, 6.45) is 0. The lowest BCUT2D eigenvalue weighted by Gasteiger charge is -2.19. The average molecular weight is 254 g/mol. The Kier molecular flexibility index (Phi) is 5.25. The Hall–Kier alpha value is -1.46. The first-order valence-corrected chi connectivity index (χ1v) is 5.75. The number of benzene rings is 1. The number of carboxylic acid groups (broad SMARTS) is 1. The second-order valence-electron chi connectivity index (χ2n) is 4.66. The second-order valence-corrected chi connectivity index (χ2v) is 4.66. The summed E-state index contributed by atoms with van der Waals surface area (Å²) in [5.74, 6) is -1.92. The number of hydrogen-bond donors (Lipinski definition) is 1. The molecule has 0 amide bonds. The van der Waals surface area contributed by atoms with Crippen LogP contribution in [0.5, 0.6) is 0 Å². The molecule has 1 aromatic rings. The molecule has 0 aliphatic heterocycles. The molecule has 1 N–H and O–H groups in total. The van der Waals surface area contributed by atoms with E-state index in [0.717, 1.165) is 18.7 Å². The van der Waals surface area contributed by atoms with Crippen molar-refractivity contribution in [2.45, 2.75) is 6.54 Å². The molecule has 0 unspecified atom stereocenters. The highest BCUT2D eigenvalue weighted by atomic mass is 19.1. The summed E-state index contributed by atoms with van der Waals surface area (Å²) in [6, 6.07) is 4.22. The van der Waals surface area contributed by atoms with Crippen LogP contribution in [0.4, 0.5) is 4.39 Å². The highest BCUT2D eigenvalue weighted by molar-refractivity contribution is 5.88. The Morgan fingerprint density at radius 3 is 2.50 bits per heavy atom. The maximum atomic E-state index is 13.2. The number of hydrogen-bond acceptors (Lipinski definition) is 3. The van der Waals surface area contributed by atoms with E-state index in [-0.39, 0.29) is 5.56 Å². The summed E-state index contributed by atoms with van der Waals surface area (Å²) in [5.41, 5.74) is 0.531. The van der Waals surface area contributed by atoms with Crippen LogP contribution in [-0.4, -0.2) is 55.1 Å². The van der Waals surface area contributed by atoms with E-state index in [4.69, 9.17) is 5.11 Å². The minimum atomic E-state index is -1.23. The second kappa shape index (κ2) is 6.47. The lowest BCUT2D eigenvalue weighted by molar-refractivity contribution is 0.0691. The predicted octanol–water partition coefficient (Wildman–Crippen LogP) is 1.52. The fourth-order valence-corrected chi connectivity index (χ4v) is 1.60. The van der Waals surface area contributed by atoms with E-state index in [2.05, 4.69) is 9.80 Å². The van der Waals surface area contributed by atoms with Crippen molar-refractivity contribution >= 4 is 5.97 Å². The van der Waals surface area contributed by atoms with Crippen LogP contribution in [0.3, 0.4) is 0 Å². The van der Waals surface area contributed by atoms with Gasteiger partial charge in [-0.3, -0.25) is 0 Å². The van der Waals surface area contributed by atoms with Gasteiger partial charge in [-0.25, -0.2) is 9.18 Å². The molecule has 1 rings (SSSR count). The molecule has 1 aromatic carbocycles. The van der Waals surface area contributed by atoms with Gasteiger partial charge in [0.25, 0.3) is 0 Å². The number of likely N-dealkylation sites (N-methyl/N-ethyl adjacent to an activating group) is 2. The van der Waals surface area contributed by atoms with Gasteiger partial charge in [-0.05, 0) is 38.8 Å². The van der Waals surface area contributed by atoms with Crippen LogP contribution < -0.4 is 0 Å². The van der Waals surface area contributed by atoms with Gasteiger partial charge in [-0.1, -0.05) is 6.07 Å². The number of nitrogens with zero attached hydrogens (tertiary/aromatic N) is 2. The minimum absolute atomic E-state index is 0.270. The Balaban J connectivity index is 2.67. The minimum Gasteiger partial charge on any atom is -0.478 e. The molecule has 100 valence electrons. The van der Waals surface area contributed by atoms with Crippen molar-refractivity contribution in [3.05, 3.63) is 35.1 Å². The van der Waals surface area contributed by atoms with Gasteiger partial charge < -0.3 is 14.9 Å². The van der Waals surface area contributed by atoms with E-state index in [0.29, 0.717) is 6.54 Å². The zero-order valence-electron chi connectivity index (χ0n) is 11.0. The number of aromatic carboxylic acids is 1. The highest BCUT2D eigenvalue weighted by Crippen LogP contribution is 2.12. The van der Waals surface area contributed by atoms with Gasteiger partial charge in [-0.2, -0.15) is 0 Å². The van der Waals surface area contributed by atoms with E-state index in [1.165, 1.54) is 12.1 Å². The summed E-state index contributed by atoms with van der Waals surface area (Å²) in [6.45, 7) is 2.39. The predicted molar refractivity (Wildman–Crippen MR) is 68.2 cm³/mol. The maximum absolute atomic E-state index is 13.2. The van der Waals surface area contributed by atoms with E-state index in [9.17, 15) is 9.18 Å². The summed E-state index contributed by atoms with van der Waals surface area (Å²) in [4.78, 5) is 15.0. The van der Waals surface area contributed by atoms with Crippen molar-refractivity contribution in [3.8, 4) is 0 Å². The largest absolute Gasteiger partial charge is 0.478 e. The lowest BCUT2D eigenvalue weighted by atomic mass is 10.1. The topological polar surface area (TPSA) is 43.8 Å². The molecule has 0 atom stereocenters. The normalized spacial score (nSPS) is 11.2. The number of carboxylic acids is 1. The molecular formula is C13H19FN2O2. The third kappa shape index (κ3) is 4.43. The molecule has 0 saturated heterocycles. The van der Waals surface area contributed by atoms with Crippen LogP contribution >= 0.6 is 0 Å². The smallest absolute Gasteiger partial charge is 0.338 e. The van der Waals surface area contributed by atoms with Crippen LogP contribution in [0.15, 0.2) is 18.2 Å². The monoisotopic (exact) mass is 254 g/mol. The molecule has 18 heavy (non-hydrogen) atoms. The molecule has 0 saturated carbocycles. The molecule has 0 bridgehead atoms. The number of carbonyl (C=O) groups is 1. The van der Waals surface area contributed by atoms with E-state index >= 15 is 0 Å². The summed E-state index contributed by atoms with van der Waals surface area (Å²) in [5, 5.41) is 8.84. The molecule has 5 heteroatoms. The summed E-state index contributed by atoms with van der Waals surface area (Å²) >= 11 is 0. The van der Waals surface area contributed by atoms with Gasteiger partial charge in [0.2, 0.25) is 0 Å². The molecule has 0 fully saturated rings. The third-order valence-electron chi connectivity index (χ3n) is 2.64. The maximum Gasteiger partial charge on any atom is 0.338 e. The SMILES string of the molecule is CN(C)CCN(C)Cc1ccc(F)c(C(=O)O)c1. The van der Waals surface area contributed by atoms with Crippen molar-refractivity contribution in [2.75, 3.05) is 34.2 Å². The summed E-state index contributed by atoms with van der Waals surface area (Å²) < 4.78 is 13.2. The van der Waals surface area contributed by atoms with Crippen molar-refractivity contribution in [3.63, 3.8) is 0 Å². The lowest BCUT2D eigenvalue weighted by Crippen LogP contribution is -2.28. The van der Waals surface area contributed by atoms with Gasteiger partial charge in [0.05, 0.1) is 5.56 Å². The molecular weight excluding hydrogens is 235 g/mol. The van der Waals surface area contributed by atoms with Crippen molar-refractivity contribution in [2.24, 2.45) is 0 Å². The Labute approximate surface area is 107 Å². The average Bonchev–Trinajstić information content (AvgIpc) is 2.28. The van der Waals surface area contributed by atoms with Gasteiger partial charge in [0.1, 0.15) is 5.82 Å². The molecule has 0 aliphatic rings. The van der Waals surface area contributed by atoms with Crippen molar-refractivity contribution in [1.29, 1.82) is 0 Å². The van der Waals surface area contributed by atoms with Gasteiger partial charge in [-0.15, -0.1) is 0 Å². The molecule has 0 aliphatic carbocycles. The van der Waals surface area contributed by atoms with Crippen LogP contribution in [0.25, 0.3) is 0 Å². The number of rotatable bonds is 6. The zero-order valence-corrected chi connectivity index (χ0v) is 11.0. The van der Waals surface area contributed by atoms with Crippen molar-refractivity contribution in [1.82, 2.24) is 9.80 Å². The number of halogens is 1. The van der Waals surface area contributed by atoms with E-state index in [1.54, 1.807) is 6.07 Å². The van der Waals surface area contributed by atoms with Gasteiger partial charge in [0.15, 0.2) is 0 Å². The standard InChI is InChI=1S/C13H19FN2O2/c1-15(2)6-7-16(3)9-10-4-5-12(14)11(8-10)13(17)18/h4-5,8H,6-7,9H2,1-3H3,(H,17,18). The van der Waals surface area contributed by atoms with Crippen LogP contribution in [0.1, 0.15) is 15.9 Å². The van der Waals surface area contributed by atoms with E-state index in [1.807, 2.05) is 21.1 Å². The molecule has 0 spiro atoms.